The number of fused-ring (bicyclic) bond motifs is 1. The highest BCUT2D eigenvalue weighted by Gasteiger charge is 2.18. The minimum atomic E-state index is 0.0678. The van der Waals surface area contributed by atoms with Crippen molar-refractivity contribution in [2.45, 2.75) is 60.4 Å². The number of aromatic nitrogens is 1. The van der Waals surface area contributed by atoms with Gasteiger partial charge in [0.05, 0.1) is 5.52 Å². The standard InChI is InChI=1S/C20H30N2/c1-13(2)11-21-12-16-10-18(20(5,6)7)22-19-15(4)8-14(3)9-17(16)19/h8-10,13,21H,11-12H2,1-7H3. The summed E-state index contributed by atoms with van der Waals surface area (Å²) in [5.74, 6) is 0.665. The largest absolute Gasteiger partial charge is 0.312 e. The third-order valence-corrected chi connectivity index (χ3v) is 3.97. The number of pyridine rings is 1. The molecular weight excluding hydrogens is 268 g/mol. The van der Waals surface area contributed by atoms with Crippen LogP contribution in [0.4, 0.5) is 0 Å². The molecule has 1 heterocycles. The summed E-state index contributed by atoms with van der Waals surface area (Å²) in [5, 5.41) is 4.88. The van der Waals surface area contributed by atoms with Crippen molar-refractivity contribution >= 4 is 10.9 Å². The fourth-order valence-electron chi connectivity index (χ4n) is 2.77. The van der Waals surface area contributed by atoms with Gasteiger partial charge in [-0.3, -0.25) is 4.98 Å². The molecule has 0 bridgehead atoms. The minimum absolute atomic E-state index is 0.0678. The van der Waals surface area contributed by atoms with Crippen LogP contribution >= 0.6 is 0 Å². The van der Waals surface area contributed by atoms with Gasteiger partial charge in [-0.1, -0.05) is 46.2 Å². The Bertz CT molecular complexity index is 663. The monoisotopic (exact) mass is 298 g/mol. The highest BCUT2D eigenvalue weighted by Crippen LogP contribution is 2.28. The van der Waals surface area contributed by atoms with Crippen LogP contribution in [0.15, 0.2) is 18.2 Å². The third kappa shape index (κ3) is 3.86. The predicted octanol–water partition coefficient (Wildman–Crippen LogP) is 4.89. The first-order valence-corrected chi connectivity index (χ1v) is 8.30. The van der Waals surface area contributed by atoms with Crippen LogP contribution < -0.4 is 5.32 Å². The van der Waals surface area contributed by atoms with Crippen LogP contribution in [0.1, 0.15) is 57.0 Å². The summed E-state index contributed by atoms with van der Waals surface area (Å²) in [6.45, 7) is 17.5. The molecule has 0 amide bonds. The van der Waals surface area contributed by atoms with Crippen molar-refractivity contribution in [1.82, 2.24) is 10.3 Å². The van der Waals surface area contributed by atoms with Crippen molar-refractivity contribution in [3.05, 3.63) is 40.6 Å². The molecule has 0 aliphatic heterocycles. The van der Waals surface area contributed by atoms with Crippen LogP contribution in [-0.4, -0.2) is 11.5 Å². The molecule has 0 saturated heterocycles. The van der Waals surface area contributed by atoms with Crippen LogP contribution in [0.2, 0.25) is 0 Å². The molecule has 2 nitrogen and oxygen atoms in total. The van der Waals surface area contributed by atoms with E-state index in [0.29, 0.717) is 5.92 Å². The highest BCUT2D eigenvalue weighted by molar-refractivity contribution is 5.86. The summed E-state index contributed by atoms with van der Waals surface area (Å²) in [6.07, 6.45) is 0. The molecule has 0 atom stereocenters. The average Bonchev–Trinajstić information content (AvgIpc) is 2.37. The SMILES string of the molecule is Cc1cc(C)c2nc(C(C)(C)C)cc(CNCC(C)C)c2c1. The number of hydrogen-bond donors (Lipinski definition) is 1. The average molecular weight is 298 g/mol. The molecule has 120 valence electrons. The Morgan fingerprint density at radius 2 is 1.77 bits per heavy atom. The predicted molar refractivity (Wildman–Crippen MR) is 96.5 cm³/mol. The molecule has 1 aromatic heterocycles. The van der Waals surface area contributed by atoms with E-state index in [1.807, 2.05) is 0 Å². The van der Waals surface area contributed by atoms with Crippen molar-refractivity contribution in [3.63, 3.8) is 0 Å². The second kappa shape index (κ2) is 6.37. The Hall–Kier alpha value is -1.41. The first-order valence-electron chi connectivity index (χ1n) is 8.30. The summed E-state index contributed by atoms with van der Waals surface area (Å²) in [5.41, 5.74) is 6.33. The number of hydrogen-bond acceptors (Lipinski definition) is 2. The van der Waals surface area contributed by atoms with E-state index in [2.05, 4.69) is 72.0 Å². The second-order valence-corrected chi connectivity index (χ2v) is 7.92. The Kier molecular flexibility index (Phi) is 4.91. The smallest absolute Gasteiger partial charge is 0.0738 e. The molecule has 0 aliphatic carbocycles. The van der Waals surface area contributed by atoms with Crippen LogP contribution in [0.3, 0.4) is 0 Å². The van der Waals surface area contributed by atoms with E-state index in [-0.39, 0.29) is 5.41 Å². The first kappa shape index (κ1) is 17.0. The van der Waals surface area contributed by atoms with E-state index in [9.17, 15) is 0 Å². The first-order chi connectivity index (χ1) is 10.2. The normalized spacial score (nSPS) is 12.4. The van der Waals surface area contributed by atoms with Gasteiger partial charge in [0.1, 0.15) is 0 Å². The maximum absolute atomic E-state index is 4.96. The van der Waals surface area contributed by atoms with E-state index >= 15 is 0 Å². The lowest BCUT2D eigenvalue weighted by molar-refractivity contribution is 0.548. The third-order valence-electron chi connectivity index (χ3n) is 3.97. The molecule has 0 fully saturated rings. The summed E-state index contributed by atoms with van der Waals surface area (Å²) >= 11 is 0. The number of rotatable bonds is 4. The number of aryl methyl sites for hydroxylation is 2. The molecule has 2 rings (SSSR count). The minimum Gasteiger partial charge on any atom is -0.312 e. The Morgan fingerprint density at radius 1 is 1.09 bits per heavy atom. The maximum atomic E-state index is 4.96. The lowest BCUT2D eigenvalue weighted by Gasteiger charge is -2.21. The van der Waals surface area contributed by atoms with E-state index in [1.54, 1.807) is 0 Å². The second-order valence-electron chi connectivity index (χ2n) is 7.92. The molecule has 2 heteroatoms. The van der Waals surface area contributed by atoms with E-state index in [4.69, 9.17) is 4.98 Å². The fraction of sp³-hybridized carbons (Fsp3) is 0.550. The molecule has 2 aromatic rings. The van der Waals surface area contributed by atoms with Crippen molar-refractivity contribution < 1.29 is 0 Å². The van der Waals surface area contributed by atoms with Gasteiger partial charge in [-0.25, -0.2) is 0 Å². The summed E-state index contributed by atoms with van der Waals surface area (Å²) in [7, 11) is 0. The van der Waals surface area contributed by atoms with Gasteiger partial charge >= 0.3 is 0 Å². The zero-order valence-electron chi connectivity index (χ0n) is 15.2. The van der Waals surface area contributed by atoms with Crippen molar-refractivity contribution in [2.24, 2.45) is 5.92 Å². The Morgan fingerprint density at radius 3 is 2.36 bits per heavy atom. The topological polar surface area (TPSA) is 24.9 Å². The number of benzene rings is 1. The van der Waals surface area contributed by atoms with Gasteiger partial charge in [0.25, 0.3) is 0 Å². The van der Waals surface area contributed by atoms with Gasteiger partial charge in [-0.2, -0.15) is 0 Å². The van der Waals surface area contributed by atoms with Crippen LogP contribution in [0, 0.1) is 19.8 Å². The molecular formula is C20H30N2. The summed E-state index contributed by atoms with van der Waals surface area (Å²) in [4.78, 5) is 4.96. The lowest BCUT2D eigenvalue weighted by Crippen LogP contribution is -2.20. The van der Waals surface area contributed by atoms with Gasteiger partial charge in [-0.15, -0.1) is 0 Å². The molecule has 1 aromatic carbocycles. The molecule has 0 unspecified atom stereocenters. The zero-order valence-corrected chi connectivity index (χ0v) is 15.2. The maximum Gasteiger partial charge on any atom is 0.0738 e. The van der Waals surface area contributed by atoms with Gasteiger partial charge in [0, 0.05) is 23.0 Å². The summed E-state index contributed by atoms with van der Waals surface area (Å²) < 4.78 is 0. The zero-order chi connectivity index (χ0) is 16.5. The van der Waals surface area contributed by atoms with Gasteiger partial charge in [0.15, 0.2) is 0 Å². The van der Waals surface area contributed by atoms with E-state index in [0.717, 1.165) is 18.6 Å². The number of nitrogens with one attached hydrogen (secondary N) is 1. The van der Waals surface area contributed by atoms with Gasteiger partial charge in [0.2, 0.25) is 0 Å². The number of nitrogens with zero attached hydrogens (tertiary/aromatic N) is 1. The summed E-state index contributed by atoms with van der Waals surface area (Å²) in [6, 6.07) is 6.79. The molecule has 1 N–H and O–H groups in total. The quantitative estimate of drug-likeness (QED) is 0.869. The molecule has 0 spiro atoms. The Labute approximate surface area is 135 Å². The lowest BCUT2D eigenvalue weighted by atomic mass is 9.89. The highest BCUT2D eigenvalue weighted by atomic mass is 14.9. The molecule has 0 saturated carbocycles. The van der Waals surface area contributed by atoms with E-state index < -0.39 is 0 Å². The van der Waals surface area contributed by atoms with Crippen molar-refractivity contribution in [2.75, 3.05) is 6.54 Å². The van der Waals surface area contributed by atoms with Crippen LogP contribution in [0.5, 0.6) is 0 Å². The molecule has 0 aliphatic rings. The van der Waals surface area contributed by atoms with Crippen molar-refractivity contribution in [3.8, 4) is 0 Å². The van der Waals surface area contributed by atoms with Crippen molar-refractivity contribution in [1.29, 1.82) is 0 Å². The van der Waals surface area contributed by atoms with Gasteiger partial charge in [-0.05, 0) is 49.6 Å². The van der Waals surface area contributed by atoms with Crippen LogP contribution in [-0.2, 0) is 12.0 Å². The van der Waals surface area contributed by atoms with Crippen LogP contribution in [0.25, 0.3) is 10.9 Å². The fourth-order valence-corrected chi connectivity index (χ4v) is 2.77. The van der Waals surface area contributed by atoms with Gasteiger partial charge < -0.3 is 5.32 Å². The Balaban J connectivity index is 2.54. The van der Waals surface area contributed by atoms with E-state index in [1.165, 1.54) is 27.8 Å². The molecule has 0 radical (unpaired) electrons. The molecule has 22 heavy (non-hydrogen) atoms.